The first-order chi connectivity index (χ1) is 44.5. The van der Waals surface area contributed by atoms with Gasteiger partial charge in [0.15, 0.2) is 5.78 Å². The predicted molar refractivity (Wildman–Crippen MR) is 353 cm³/mol. The van der Waals surface area contributed by atoms with Gasteiger partial charge in [-0.15, -0.1) is 0 Å². The highest BCUT2D eigenvalue weighted by molar-refractivity contribution is 6.00. The fraction of sp³-hybridized carbons (Fsp3) is 0.507. The standard InChI is InChI=1S/C69H95N11O14/c1-41(2)35-53-64(91)79-68(7,66(93)72-43(4)59(70)86)33-21-14-12-10-9-11-13-15-22-34-69(8,80-65(92)55(74-45(6)81)37-46-23-17-16-18-24-46)67(94)73-44(5)61(88)77-54(38-47-27-29-49(82)30-28-47)62(89)78-56(39-48-40-71-51-26-20-19-25-50(48)51)63(90)75-52(31-32-58(84)85)57(83)36-42(3)60(87)76-53/h10,12,16-20,23-30,40-44,52-56,71,82H,9,11,13-15,21-22,31-39H2,1-8H3,(H2,70,86)(H,72,93)(H,73,94)(H,74,81)(H,75,90)(H,76,87)(H,77,88)(H,78,89)(H,79,91)(H,80,92)(H,84,85)/t42-,43?,44?,52+,53+,54+,55+,56+,68+,69-/m1/s1. The van der Waals surface area contributed by atoms with Crippen LogP contribution < -0.4 is 53.6 Å². The Morgan fingerprint density at radius 1 is 0.660 bits per heavy atom. The summed E-state index contributed by atoms with van der Waals surface area (Å²) in [4.78, 5) is 170. The maximum atomic E-state index is 15.0. The quantitative estimate of drug-likeness (QED) is 0.0660. The second kappa shape index (κ2) is 36.1. The molecule has 14 N–H and O–H groups in total. The second-order valence-electron chi connectivity index (χ2n) is 25.5. The molecule has 0 aliphatic carbocycles. The average molecular weight is 1300 g/mol. The van der Waals surface area contributed by atoms with Gasteiger partial charge in [0.2, 0.25) is 59.1 Å². The summed E-state index contributed by atoms with van der Waals surface area (Å²) in [6.45, 7) is 12.1. The van der Waals surface area contributed by atoms with Gasteiger partial charge in [-0.25, -0.2) is 0 Å². The minimum atomic E-state index is -1.67. The SMILES string of the molecule is CC(=O)N[C@@H](Cc1ccccc1)C(=O)N[C@]1(C)CCCCCCC=CCCC[C@@](C)(C(=O)NC(C)C(N)=O)NC(=O)[C@H](CC(C)C)NC(=O)[C@H](C)CC(=O)[C@H](CCC(=O)O)NC(=O)[C@H](Cc2c[nH]c3ccccc23)NC(=O)[C@H](Cc2ccc(O)cc2)NC(=O)C(C)NC1=O. The lowest BCUT2D eigenvalue weighted by molar-refractivity contribution is -0.139. The van der Waals surface area contributed by atoms with E-state index in [9.17, 15) is 67.7 Å². The number of hydrogen-bond donors (Lipinski definition) is 13. The second-order valence-corrected chi connectivity index (χ2v) is 25.5. The highest BCUT2D eigenvalue weighted by atomic mass is 16.4. The number of allylic oxidation sites excluding steroid dienone is 2. The molecule has 10 amide bonds. The number of rotatable bonds is 17. The van der Waals surface area contributed by atoms with Crippen LogP contribution in [-0.2, 0) is 76.8 Å². The number of aromatic nitrogens is 1. The summed E-state index contributed by atoms with van der Waals surface area (Å²) >= 11 is 0. The summed E-state index contributed by atoms with van der Waals surface area (Å²) in [5.41, 5.74) is 4.63. The third-order valence-electron chi connectivity index (χ3n) is 16.7. The summed E-state index contributed by atoms with van der Waals surface area (Å²) in [6, 6.07) is 12.5. The van der Waals surface area contributed by atoms with Crippen LogP contribution in [-0.4, -0.2) is 139 Å². The molecule has 510 valence electrons. The van der Waals surface area contributed by atoms with Crippen molar-refractivity contribution in [3.05, 3.63) is 114 Å². The van der Waals surface area contributed by atoms with Gasteiger partial charge < -0.3 is 68.8 Å². The van der Waals surface area contributed by atoms with Crippen molar-refractivity contribution in [2.75, 3.05) is 0 Å². The number of phenolic OH excluding ortho intramolecular Hbond substituents is 1. The Morgan fingerprint density at radius 3 is 1.91 bits per heavy atom. The van der Waals surface area contributed by atoms with E-state index in [-0.39, 0.29) is 50.2 Å². The molecule has 0 radical (unpaired) electrons. The minimum absolute atomic E-state index is 0.0894. The van der Waals surface area contributed by atoms with E-state index >= 15 is 0 Å². The highest BCUT2D eigenvalue weighted by Crippen LogP contribution is 2.23. The van der Waals surface area contributed by atoms with Crippen LogP contribution >= 0.6 is 0 Å². The normalized spacial score (nSPS) is 24.0. The third-order valence-corrected chi connectivity index (χ3v) is 16.7. The number of ketones is 1. The first kappa shape index (κ1) is 75.3. The molecular formula is C69H95N11O14. The van der Waals surface area contributed by atoms with Gasteiger partial charge in [0.05, 0.1) is 6.04 Å². The lowest BCUT2D eigenvalue weighted by Gasteiger charge is -2.33. The fourth-order valence-corrected chi connectivity index (χ4v) is 11.0. The van der Waals surface area contributed by atoms with Gasteiger partial charge in [0.1, 0.15) is 53.1 Å². The number of carboxylic acids is 1. The number of nitrogens with one attached hydrogen (secondary N) is 10. The zero-order valence-electron chi connectivity index (χ0n) is 55.1. The minimum Gasteiger partial charge on any atom is -0.508 e. The predicted octanol–water partition coefficient (Wildman–Crippen LogP) is 4.18. The third kappa shape index (κ3) is 23.9. The number of carboxylic acid groups (broad SMARTS) is 1. The smallest absolute Gasteiger partial charge is 0.303 e. The molecular weight excluding hydrogens is 1210 g/mol. The molecule has 94 heavy (non-hydrogen) atoms. The number of fused-ring (bicyclic) bond motifs is 1. The van der Waals surface area contributed by atoms with Gasteiger partial charge in [0.25, 0.3) is 0 Å². The lowest BCUT2D eigenvalue weighted by Crippen LogP contribution is -2.63. The van der Waals surface area contributed by atoms with Crippen molar-refractivity contribution < 1.29 is 67.7 Å². The maximum Gasteiger partial charge on any atom is 0.303 e. The molecule has 25 nitrogen and oxygen atoms in total. The van der Waals surface area contributed by atoms with Crippen molar-refractivity contribution in [2.24, 2.45) is 17.6 Å². The number of nitrogens with two attached hydrogens (primary N) is 1. The number of H-pyrrole nitrogens is 1. The average Bonchev–Trinajstić information content (AvgIpc) is 1.43. The Hall–Kier alpha value is -9.42. The first-order valence-corrected chi connectivity index (χ1v) is 32.3. The Bertz CT molecular complexity index is 3330. The highest BCUT2D eigenvalue weighted by Gasteiger charge is 2.41. The summed E-state index contributed by atoms with van der Waals surface area (Å²) in [5.74, 6) is -11.1. The van der Waals surface area contributed by atoms with Crippen molar-refractivity contribution in [1.29, 1.82) is 0 Å². The van der Waals surface area contributed by atoms with E-state index in [0.717, 1.165) is 12.0 Å². The number of aromatic amines is 1. The molecule has 0 spiro atoms. The van der Waals surface area contributed by atoms with E-state index in [0.29, 0.717) is 60.6 Å². The number of primary amides is 1. The molecule has 0 saturated heterocycles. The van der Waals surface area contributed by atoms with Crippen LogP contribution in [0.25, 0.3) is 10.9 Å². The van der Waals surface area contributed by atoms with E-state index in [1.807, 2.05) is 32.1 Å². The number of benzene rings is 3. The van der Waals surface area contributed by atoms with Crippen LogP contribution in [0.15, 0.2) is 97.2 Å². The molecule has 0 bridgehead atoms. The fourth-order valence-electron chi connectivity index (χ4n) is 11.0. The molecule has 0 saturated carbocycles. The van der Waals surface area contributed by atoms with Gasteiger partial charge in [-0.1, -0.05) is 113 Å². The van der Waals surface area contributed by atoms with Gasteiger partial charge in [0, 0.05) is 62.0 Å². The van der Waals surface area contributed by atoms with Gasteiger partial charge in [-0.05, 0) is 120 Å². The summed E-state index contributed by atoms with van der Waals surface area (Å²) in [5, 5.41) is 45.3. The topological polar surface area (TPSA) is 395 Å². The number of carbonyl (C=O) groups is 12. The Labute approximate surface area is 548 Å². The summed E-state index contributed by atoms with van der Waals surface area (Å²) in [7, 11) is 0. The number of carbonyl (C=O) groups excluding carboxylic acids is 11. The number of hydrogen-bond acceptors (Lipinski definition) is 13. The van der Waals surface area contributed by atoms with E-state index in [2.05, 4.69) is 52.8 Å². The Morgan fingerprint density at radius 2 is 1.27 bits per heavy atom. The molecule has 0 fully saturated rings. The van der Waals surface area contributed by atoms with Crippen molar-refractivity contribution >= 4 is 81.7 Å². The number of aliphatic carboxylic acids is 1. The van der Waals surface area contributed by atoms with Crippen LogP contribution in [0.1, 0.15) is 156 Å². The molecule has 25 heteroatoms. The maximum absolute atomic E-state index is 15.0. The van der Waals surface area contributed by atoms with Gasteiger partial charge in [-0.2, -0.15) is 0 Å². The van der Waals surface area contributed by atoms with Crippen LogP contribution in [0.5, 0.6) is 5.75 Å². The number of phenols is 1. The molecule has 3 aromatic carbocycles. The van der Waals surface area contributed by atoms with Gasteiger partial charge in [-0.3, -0.25) is 57.5 Å². The molecule has 5 rings (SSSR count). The molecule has 1 aliphatic heterocycles. The zero-order valence-corrected chi connectivity index (χ0v) is 55.1. The monoisotopic (exact) mass is 1300 g/mol. The molecule has 2 unspecified atom stereocenters. The first-order valence-electron chi connectivity index (χ1n) is 32.3. The van der Waals surface area contributed by atoms with E-state index in [1.165, 1.54) is 65.8 Å². The van der Waals surface area contributed by atoms with Crippen molar-refractivity contribution in [2.45, 2.75) is 211 Å². The number of Topliss-reactive ketones (excluding diaryl/α,β-unsaturated/α-hetero) is 1. The Kier molecular flexibility index (Phi) is 29.0. The van der Waals surface area contributed by atoms with E-state index in [1.54, 1.807) is 54.7 Å². The van der Waals surface area contributed by atoms with Crippen LogP contribution in [0.4, 0.5) is 0 Å². The van der Waals surface area contributed by atoms with Crippen molar-refractivity contribution in [1.82, 2.24) is 52.8 Å². The molecule has 1 aliphatic rings. The Balaban J connectivity index is 1.55. The lowest BCUT2D eigenvalue weighted by atomic mass is 9.91. The summed E-state index contributed by atoms with van der Waals surface area (Å²) < 4.78 is 0. The van der Waals surface area contributed by atoms with Gasteiger partial charge >= 0.3 is 5.97 Å². The largest absolute Gasteiger partial charge is 0.508 e. The molecule has 10 atom stereocenters. The number of para-hydroxylation sites is 1. The molecule has 4 aromatic rings. The van der Waals surface area contributed by atoms with E-state index in [4.69, 9.17) is 5.73 Å². The van der Waals surface area contributed by atoms with Crippen molar-refractivity contribution in [3.8, 4) is 5.75 Å². The zero-order chi connectivity index (χ0) is 69.3. The van der Waals surface area contributed by atoms with E-state index < -0.39 is 149 Å². The number of amides is 10. The molecule has 2 heterocycles. The van der Waals surface area contributed by atoms with Crippen LogP contribution in [0, 0.1) is 11.8 Å². The van der Waals surface area contributed by atoms with Crippen molar-refractivity contribution in [3.63, 3.8) is 0 Å². The molecule has 1 aromatic heterocycles. The van der Waals surface area contributed by atoms with Crippen LogP contribution in [0.2, 0.25) is 0 Å². The number of aromatic hydroxyl groups is 1. The van der Waals surface area contributed by atoms with Crippen LogP contribution in [0.3, 0.4) is 0 Å². The summed E-state index contributed by atoms with van der Waals surface area (Å²) in [6.07, 6.45) is 7.90.